The summed E-state index contributed by atoms with van der Waals surface area (Å²) in [6.07, 6.45) is 7.19. The fourth-order valence-corrected chi connectivity index (χ4v) is 4.84. The standard InChI is InChI=1S/C13H18O2S.C11H18N2O/c1-8(2)11-7-15-12-6-9(16-3)4-5-10(12)13(11)14;1-8(2)9-4-3-5-13-7-12-6-10(13)11(9)14/h4-6,8,11,13-14H,7H2,1-3H3;6-9,11,14H,3-5H2,1-2H3. The zero-order valence-corrected chi connectivity index (χ0v) is 19.6. The minimum Gasteiger partial charge on any atom is -0.493 e. The third-order valence-corrected chi connectivity index (χ3v) is 7.20. The van der Waals surface area contributed by atoms with Crippen LogP contribution >= 0.6 is 11.8 Å². The van der Waals surface area contributed by atoms with Crippen molar-refractivity contribution in [2.24, 2.45) is 23.7 Å². The number of nitrogens with zero attached hydrogens (tertiary/aromatic N) is 2. The van der Waals surface area contributed by atoms with E-state index in [-0.39, 0.29) is 18.1 Å². The highest BCUT2D eigenvalue weighted by Gasteiger charge is 2.31. The summed E-state index contributed by atoms with van der Waals surface area (Å²) < 4.78 is 7.81. The Morgan fingerprint density at radius 1 is 1.10 bits per heavy atom. The predicted molar refractivity (Wildman–Crippen MR) is 122 cm³/mol. The van der Waals surface area contributed by atoms with Crippen molar-refractivity contribution in [1.82, 2.24) is 9.55 Å². The molecule has 0 radical (unpaired) electrons. The molecular weight excluding hydrogens is 396 g/mol. The fourth-order valence-electron chi connectivity index (χ4n) is 4.41. The van der Waals surface area contributed by atoms with Crippen LogP contribution < -0.4 is 4.74 Å². The van der Waals surface area contributed by atoms with Crippen LogP contribution in [0.3, 0.4) is 0 Å². The van der Waals surface area contributed by atoms with Crippen molar-refractivity contribution in [3.05, 3.63) is 42.0 Å². The molecule has 2 aromatic rings. The van der Waals surface area contributed by atoms with E-state index in [1.54, 1.807) is 18.0 Å². The number of aliphatic hydroxyl groups excluding tert-OH is 2. The number of benzene rings is 1. The van der Waals surface area contributed by atoms with Crippen LogP contribution in [0.5, 0.6) is 5.75 Å². The van der Waals surface area contributed by atoms with Gasteiger partial charge in [0.1, 0.15) is 5.75 Å². The molecule has 4 atom stereocenters. The molecule has 2 aliphatic heterocycles. The van der Waals surface area contributed by atoms with Gasteiger partial charge in [0, 0.05) is 22.9 Å². The molecule has 3 heterocycles. The van der Waals surface area contributed by atoms with E-state index in [9.17, 15) is 10.2 Å². The minimum atomic E-state index is -0.389. The predicted octanol–water partition coefficient (Wildman–Crippen LogP) is 5.09. The van der Waals surface area contributed by atoms with Crippen LogP contribution in [-0.2, 0) is 6.54 Å². The topological polar surface area (TPSA) is 67.5 Å². The highest BCUT2D eigenvalue weighted by atomic mass is 32.2. The minimum absolute atomic E-state index is 0.202. The quantitative estimate of drug-likeness (QED) is 0.661. The van der Waals surface area contributed by atoms with Crippen LogP contribution in [0.2, 0.25) is 0 Å². The lowest BCUT2D eigenvalue weighted by molar-refractivity contribution is 0.0261. The zero-order valence-electron chi connectivity index (χ0n) is 18.8. The second kappa shape index (κ2) is 10.2. The molecule has 4 unspecified atom stereocenters. The zero-order chi connectivity index (χ0) is 21.8. The van der Waals surface area contributed by atoms with Crippen LogP contribution in [0.4, 0.5) is 0 Å². The SMILES string of the molecule is CC(C)C1CCCn2cncc2C1O.CSc1ccc2c(c1)OCC(C(C)C)C2O. The first kappa shape index (κ1) is 23.2. The average Bonchev–Trinajstić information content (AvgIpc) is 3.13. The molecule has 2 N–H and O–H groups in total. The summed E-state index contributed by atoms with van der Waals surface area (Å²) in [4.78, 5) is 5.27. The molecule has 0 bridgehead atoms. The van der Waals surface area contributed by atoms with Crippen LogP contribution in [0.15, 0.2) is 35.6 Å². The molecule has 2 aliphatic rings. The van der Waals surface area contributed by atoms with Gasteiger partial charge in [-0.15, -0.1) is 11.8 Å². The Labute approximate surface area is 184 Å². The van der Waals surface area contributed by atoms with Crippen molar-refractivity contribution in [2.45, 2.75) is 64.2 Å². The van der Waals surface area contributed by atoms with Gasteiger partial charge in [-0.3, -0.25) is 0 Å². The fraction of sp³-hybridized carbons (Fsp3) is 0.625. The first-order valence-electron chi connectivity index (χ1n) is 11.0. The van der Waals surface area contributed by atoms with Crippen molar-refractivity contribution in [3.8, 4) is 5.75 Å². The number of aromatic nitrogens is 2. The summed E-state index contributed by atoms with van der Waals surface area (Å²) in [5.41, 5.74) is 1.92. The first-order valence-corrected chi connectivity index (χ1v) is 12.2. The number of aliphatic hydroxyl groups is 2. The molecule has 4 rings (SSSR count). The number of ether oxygens (including phenoxy) is 1. The Hall–Kier alpha value is -1.50. The average molecular weight is 433 g/mol. The van der Waals surface area contributed by atoms with Gasteiger partial charge in [-0.25, -0.2) is 4.98 Å². The van der Waals surface area contributed by atoms with Gasteiger partial charge in [0.15, 0.2) is 0 Å². The van der Waals surface area contributed by atoms with E-state index >= 15 is 0 Å². The molecule has 0 aliphatic carbocycles. The third kappa shape index (κ3) is 5.04. The third-order valence-electron chi connectivity index (χ3n) is 6.48. The molecule has 166 valence electrons. The molecule has 30 heavy (non-hydrogen) atoms. The highest BCUT2D eigenvalue weighted by molar-refractivity contribution is 7.98. The van der Waals surface area contributed by atoms with Gasteiger partial charge in [-0.1, -0.05) is 33.8 Å². The summed E-state index contributed by atoms with van der Waals surface area (Å²) >= 11 is 1.69. The first-order chi connectivity index (χ1) is 14.3. The van der Waals surface area contributed by atoms with Gasteiger partial charge >= 0.3 is 0 Å². The summed E-state index contributed by atoms with van der Waals surface area (Å²) in [6, 6.07) is 6.04. The van der Waals surface area contributed by atoms with E-state index < -0.39 is 0 Å². The second-order valence-corrected chi connectivity index (χ2v) is 9.95. The summed E-state index contributed by atoms with van der Waals surface area (Å²) in [5, 5.41) is 20.5. The molecular formula is C24H36N2O3S. The van der Waals surface area contributed by atoms with Gasteiger partial charge in [-0.2, -0.15) is 0 Å². The van der Waals surface area contributed by atoms with Crippen LogP contribution in [0.25, 0.3) is 0 Å². The number of imidazole rings is 1. The maximum absolute atomic E-state index is 10.3. The van der Waals surface area contributed by atoms with Gasteiger partial charge < -0.3 is 19.5 Å². The van der Waals surface area contributed by atoms with E-state index in [1.165, 1.54) is 4.90 Å². The van der Waals surface area contributed by atoms with Gasteiger partial charge in [0.2, 0.25) is 0 Å². The Morgan fingerprint density at radius 3 is 2.50 bits per heavy atom. The lowest BCUT2D eigenvalue weighted by atomic mass is 9.85. The summed E-state index contributed by atoms with van der Waals surface area (Å²) in [5.74, 6) is 2.40. The Kier molecular flexibility index (Phi) is 7.88. The van der Waals surface area contributed by atoms with E-state index in [0.29, 0.717) is 24.4 Å². The molecule has 0 spiro atoms. The van der Waals surface area contributed by atoms with Crippen molar-refractivity contribution in [3.63, 3.8) is 0 Å². The molecule has 0 fully saturated rings. The van der Waals surface area contributed by atoms with Gasteiger partial charge in [0.05, 0.1) is 37.0 Å². The molecule has 0 saturated carbocycles. The van der Waals surface area contributed by atoms with Crippen LogP contribution in [0.1, 0.15) is 64.0 Å². The van der Waals surface area contributed by atoms with E-state index in [1.807, 2.05) is 30.8 Å². The van der Waals surface area contributed by atoms with Crippen molar-refractivity contribution in [1.29, 1.82) is 0 Å². The molecule has 0 saturated heterocycles. The molecule has 1 aromatic heterocycles. The number of hydrogen-bond donors (Lipinski definition) is 2. The van der Waals surface area contributed by atoms with E-state index in [0.717, 1.165) is 36.4 Å². The molecule has 1 aromatic carbocycles. The number of aryl methyl sites for hydroxylation is 1. The number of hydrogen-bond acceptors (Lipinski definition) is 5. The summed E-state index contributed by atoms with van der Waals surface area (Å²) in [6.45, 7) is 10.2. The lowest BCUT2D eigenvalue weighted by Crippen LogP contribution is -2.29. The van der Waals surface area contributed by atoms with E-state index in [4.69, 9.17) is 4.74 Å². The number of thioether (sulfide) groups is 1. The largest absolute Gasteiger partial charge is 0.493 e. The monoisotopic (exact) mass is 432 g/mol. The van der Waals surface area contributed by atoms with Gasteiger partial charge in [0.25, 0.3) is 0 Å². The van der Waals surface area contributed by atoms with Gasteiger partial charge in [-0.05, 0) is 49.0 Å². The normalized spacial score (nSPS) is 25.6. The molecule has 0 amide bonds. The van der Waals surface area contributed by atoms with E-state index in [2.05, 4.69) is 37.2 Å². The second-order valence-electron chi connectivity index (χ2n) is 9.07. The lowest BCUT2D eigenvalue weighted by Gasteiger charge is -2.32. The Balaban J connectivity index is 0.000000172. The van der Waals surface area contributed by atoms with Crippen molar-refractivity contribution in [2.75, 3.05) is 12.9 Å². The van der Waals surface area contributed by atoms with Crippen molar-refractivity contribution >= 4 is 11.8 Å². The smallest absolute Gasteiger partial charge is 0.126 e. The molecule has 5 nitrogen and oxygen atoms in total. The Bertz CT molecular complexity index is 821. The van der Waals surface area contributed by atoms with Crippen molar-refractivity contribution < 1.29 is 14.9 Å². The Morgan fingerprint density at radius 2 is 1.83 bits per heavy atom. The number of fused-ring (bicyclic) bond motifs is 2. The number of rotatable bonds is 3. The van der Waals surface area contributed by atoms with Crippen LogP contribution in [0, 0.1) is 23.7 Å². The maximum Gasteiger partial charge on any atom is 0.126 e. The summed E-state index contributed by atoms with van der Waals surface area (Å²) in [7, 11) is 0. The van der Waals surface area contributed by atoms with Crippen LogP contribution in [-0.4, -0.2) is 32.6 Å². The maximum atomic E-state index is 10.3. The highest BCUT2D eigenvalue weighted by Crippen LogP contribution is 2.40. The molecule has 6 heteroatoms.